The highest BCUT2D eigenvalue weighted by Gasteiger charge is 2.23. The average Bonchev–Trinajstić information content (AvgIpc) is 3.39. The smallest absolute Gasteiger partial charge is 0.337 e. The molecule has 0 spiro atoms. The molecule has 2 fully saturated rings. The number of nitrogens with one attached hydrogen (secondary N) is 2. The van der Waals surface area contributed by atoms with Crippen LogP contribution in [0.25, 0.3) is 0 Å². The zero-order valence-corrected chi connectivity index (χ0v) is 18.8. The molecule has 0 bridgehead atoms. The number of piperidine rings is 1. The average molecular weight is 436 g/mol. The zero-order chi connectivity index (χ0) is 22.3. The normalized spacial score (nSPS) is 17.3. The van der Waals surface area contributed by atoms with Gasteiger partial charge in [0.25, 0.3) is 0 Å². The molecule has 1 amide bonds. The minimum absolute atomic E-state index is 0.169. The number of amides is 1. The molecule has 1 heterocycles. The highest BCUT2D eigenvalue weighted by Crippen LogP contribution is 2.27. The van der Waals surface area contributed by atoms with Crippen LogP contribution in [-0.2, 0) is 16.1 Å². The Morgan fingerprint density at radius 3 is 2.22 bits per heavy atom. The summed E-state index contributed by atoms with van der Waals surface area (Å²) in [7, 11) is 1.40. The molecule has 1 aliphatic carbocycles. The van der Waals surface area contributed by atoms with Gasteiger partial charge in [-0.05, 0) is 67.6 Å². The van der Waals surface area contributed by atoms with Crippen LogP contribution in [0.1, 0.15) is 54.4 Å². The fourth-order valence-electron chi connectivity index (χ4n) is 4.67. The van der Waals surface area contributed by atoms with Crippen molar-refractivity contribution in [1.29, 1.82) is 0 Å². The van der Waals surface area contributed by atoms with Crippen LogP contribution in [0, 0.1) is 5.92 Å². The van der Waals surface area contributed by atoms with E-state index in [1.807, 2.05) is 36.4 Å². The molecule has 2 aromatic carbocycles. The van der Waals surface area contributed by atoms with Crippen molar-refractivity contribution in [3.63, 3.8) is 0 Å². The number of hydrogen-bond acceptors (Lipinski definition) is 5. The fraction of sp³-hybridized carbons (Fsp3) is 0.462. The Balaban J connectivity index is 1.21. The lowest BCUT2D eigenvalue weighted by molar-refractivity contribution is -0.119. The summed E-state index contributed by atoms with van der Waals surface area (Å²) in [4.78, 5) is 26.3. The van der Waals surface area contributed by atoms with Gasteiger partial charge in [0, 0.05) is 43.0 Å². The molecule has 6 nitrogen and oxygen atoms in total. The molecule has 0 radical (unpaired) electrons. The monoisotopic (exact) mass is 435 g/mol. The standard InChI is InChI=1S/C26H33N3O3/c1-32-26(31)21-8-6-19(7-9-21)18-27-22-14-16-29(17-15-22)24-12-10-23(11-13-24)28-25(30)20-4-2-3-5-20/h6-13,20,22,27H,2-5,14-18H2,1H3,(H,28,30). The molecule has 170 valence electrons. The van der Waals surface area contributed by atoms with Crippen molar-refractivity contribution in [2.24, 2.45) is 5.92 Å². The van der Waals surface area contributed by atoms with Crippen molar-refractivity contribution >= 4 is 23.3 Å². The third-order valence-corrected chi connectivity index (χ3v) is 6.69. The van der Waals surface area contributed by atoms with E-state index in [0.717, 1.165) is 56.6 Å². The third kappa shape index (κ3) is 5.68. The van der Waals surface area contributed by atoms with Gasteiger partial charge in [-0.2, -0.15) is 0 Å². The van der Waals surface area contributed by atoms with Crippen LogP contribution in [0.2, 0.25) is 0 Å². The number of methoxy groups -OCH3 is 1. The van der Waals surface area contributed by atoms with Gasteiger partial charge in [-0.25, -0.2) is 4.79 Å². The van der Waals surface area contributed by atoms with E-state index in [1.54, 1.807) is 0 Å². The summed E-state index contributed by atoms with van der Waals surface area (Å²) in [5.74, 6) is 0.0511. The maximum Gasteiger partial charge on any atom is 0.337 e. The Morgan fingerprint density at radius 1 is 0.938 bits per heavy atom. The quantitative estimate of drug-likeness (QED) is 0.633. The van der Waals surface area contributed by atoms with Crippen LogP contribution < -0.4 is 15.5 Å². The van der Waals surface area contributed by atoms with Crippen molar-refractivity contribution in [3.8, 4) is 0 Å². The van der Waals surface area contributed by atoms with Crippen molar-refractivity contribution in [2.45, 2.75) is 51.1 Å². The summed E-state index contributed by atoms with van der Waals surface area (Å²) in [5, 5.41) is 6.71. The molecule has 2 aromatic rings. The number of benzene rings is 2. The van der Waals surface area contributed by atoms with E-state index in [1.165, 1.54) is 25.6 Å². The van der Waals surface area contributed by atoms with Gasteiger partial charge in [0.1, 0.15) is 0 Å². The first-order chi connectivity index (χ1) is 15.6. The second-order valence-electron chi connectivity index (χ2n) is 8.85. The summed E-state index contributed by atoms with van der Waals surface area (Å²) in [6.45, 7) is 2.81. The molecule has 2 aliphatic rings. The third-order valence-electron chi connectivity index (χ3n) is 6.69. The minimum atomic E-state index is -0.305. The van der Waals surface area contributed by atoms with Crippen LogP contribution in [0.4, 0.5) is 11.4 Å². The molecule has 2 N–H and O–H groups in total. The van der Waals surface area contributed by atoms with Gasteiger partial charge in [-0.15, -0.1) is 0 Å². The van der Waals surface area contributed by atoms with E-state index in [-0.39, 0.29) is 17.8 Å². The topological polar surface area (TPSA) is 70.7 Å². The maximum atomic E-state index is 12.3. The predicted molar refractivity (Wildman–Crippen MR) is 127 cm³/mol. The van der Waals surface area contributed by atoms with Gasteiger partial charge in [0.05, 0.1) is 12.7 Å². The molecule has 1 saturated heterocycles. The molecular weight excluding hydrogens is 402 g/mol. The number of hydrogen-bond donors (Lipinski definition) is 2. The molecule has 32 heavy (non-hydrogen) atoms. The Hall–Kier alpha value is -2.86. The number of rotatable bonds is 7. The van der Waals surface area contributed by atoms with E-state index in [4.69, 9.17) is 4.74 Å². The molecule has 0 unspecified atom stereocenters. The Kier molecular flexibility index (Phi) is 7.43. The lowest BCUT2D eigenvalue weighted by atomic mass is 10.0. The Morgan fingerprint density at radius 2 is 1.59 bits per heavy atom. The molecule has 0 aromatic heterocycles. The SMILES string of the molecule is COC(=O)c1ccc(CNC2CCN(c3ccc(NC(=O)C4CCCC4)cc3)CC2)cc1. The number of carbonyl (C=O) groups is 2. The van der Waals surface area contributed by atoms with Crippen LogP contribution in [0.5, 0.6) is 0 Å². The summed E-state index contributed by atoms with van der Waals surface area (Å²) in [6.07, 6.45) is 6.55. The van der Waals surface area contributed by atoms with Crippen LogP contribution in [0.15, 0.2) is 48.5 Å². The van der Waals surface area contributed by atoms with Gasteiger partial charge in [0.2, 0.25) is 5.91 Å². The Labute approximate surface area is 190 Å². The highest BCUT2D eigenvalue weighted by atomic mass is 16.5. The Bertz CT molecular complexity index is 897. The first-order valence-electron chi connectivity index (χ1n) is 11.7. The van der Waals surface area contributed by atoms with Crippen molar-refractivity contribution < 1.29 is 14.3 Å². The number of carbonyl (C=O) groups excluding carboxylic acids is 2. The zero-order valence-electron chi connectivity index (χ0n) is 18.8. The number of esters is 1. The van der Waals surface area contributed by atoms with Crippen molar-refractivity contribution in [2.75, 3.05) is 30.4 Å². The van der Waals surface area contributed by atoms with E-state index >= 15 is 0 Å². The maximum absolute atomic E-state index is 12.3. The van der Waals surface area contributed by atoms with Gasteiger partial charge >= 0.3 is 5.97 Å². The number of anilines is 2. The van der Waals surface area contributed by atoms with Crippen molar-refractivity contribution in [3.05, 3.63) is 59.7 Å². The fourth-order valence-corrected chi connectivity index (χ4v) is 4.67. The summed E-state index contributed by atoms with van der Waals surface area (Å²) in [5.41, 5.74) is 3.84. The second kappa shape index (κ2) is 10.6. The predicted octanol–water partition coefficient (Wildman–Crippen LogP) is 4.36. The van der Waals surface area contributed by atoms with Crippen LogP contribution in [0.3, 0.4) is 0 Å². The number of nitrogens with zero attached hydrogens (tertiary/aromatic N) is 1. The van der Waals surface area contributed by atoms with Gasteiger partial charge in [-0.3, -0.25) is 4.79 Å². The molecule has 1 saturated carbocycles. The van der Waals surface area contributed by atoms with Crippen LogP contribution >= 0.6 is 0 Å². The van der Waals surface area contributed by atoms with E-state index in [9.17, 15) is 9.59 Å². The van der Waals surface area contributed by atoms with Gasteiger partial charge in [-0.1, -0.05) is 25.0 Å². The minimum Gasteiger partial charge on any atom is -0.465 e. The van der Waals surface area contributed by atoms with E-state index in [0.29, 0.717) is 11.6 Å². The molecule has 4 rings (SSSR count). The summed E-state index contributed by atoms with van der Waals surface area (Å²) in [6, 6.07) is 16.3. The second-order valence-corrected chi connectivity index (χ2v) is 8.85. The van der Waals surface area contributed by atoms with Gasteiger partial charge < -0.3 is 20.3 Å². The summed E-state index contributed by atoms with van der Waals surface area (Å²) < 4.78 is 4.74. The molecule has 6 heteroatoms. The largest absolute Gasteiger partial charge is 0.465 e. The number of ether oxygens (including phenoxy) is 1. The first kappa shape index (κ1) is 22.3. The lowest BCUT2D eigenvalue weighted by Gasteiger charge is -2.34. The molecule has 0 atom stereocenters. The van der Waals surface area contributed by atoms with E-state index < -0.39 is 0 Å². The summed E-state index contributed by atoms with van der Waals surface area (Å²) >= 11 is 0. The van der Waals surface area contributed by atoms with Gasteiger partial charge in [0.15, 0.2) is 0 Å². The highest BCUT2D eigenvalue weighted by molar-refractivity contribution is 5.92. The molecule has 1 aliphatic heterocycles. The first-order valence-corrected chi connectivity index (χ1v) is 11.7. The van der Waals surface area contributed by atoms with E-state index in [2.05, 4.69) is 27.7 Å². The molecular formula is C26H33N3O3. The van der Waals surface area contributed by atoms with Crippen molar-refractivity contribution in [1.82, 2.24) is 5.32 Å². The lowest BCUT2D eigenvalue weighted by Crippen LogP contribution is -2.42. The van der Waals surface area contributed by atoms with Crippen LogP contribution in [-0.4, -0.2) is 38.1 Å².